The molecule has 0 fully saturated rings. The maximum Gasteiger partial charge on any atom is 0.323 e. The summed E-state index contributed by atoms with van der Waals surface area (Å²) in [6, 6.07) is 8.83. The maximum absolute atomic E-state index is 11.1. The van der Waals surface area contributed by atoms with Gasteiger partial charge in [0.15, 0.2) is 0 Å². The van der Waals surface area contributed by atoms with Gasteiger partial charge < -0.3 is 9.84 Å². The average Bonchev–Trinajstić information content (AvgIpc) is 2.83. The molecule has 0 saturated heterocycles. The molecule has 1 atom stereocenters. The first-order valence-corrected chi connectivity index (χ1v) is 7.44. The normalized spacial score (nSPS) is 12.4. The van der Waals surface area contributed by atoms with E-state index in [-0.39, 0.29) is 16.7 Å². The second kappa shape index (κ2) is 6.24. The molecule has 0 radical (unpaired) electrons. The molecule has 0 bridgehead atoms. The Bertz CT molecular complexity index is 649. The lowest BCUT2D eigenvalue weighted by molar-refractivity contribution is -0.385. The summed E-state index contributed by atoms with van der Waals surface area (Å²) in [6.45, 7) is 5.64. The van der Waals surface area contributed by atoms with E-state index < -0.39 is 11.0 Å². The molecule has 0 aliphatic rings. The number of hydrogen-bond donors (Lipinski definition) is 1. The number of nitrogens with zero attached hydrogens (tertiary/aromatic N) is 1. The molecule has 0 amide bonds. The van der Waals surface area contributed by atoms with Gasteiger partial charge in [-0.3, -0.25) is 10.1 Å². The van der Waals surface area contributed by atoms with Crippen molar-refractivity contribution in [1.29, 1.82) is 0 Å². The Hall–Kier alpha value is -1.92. The van der Waals surface area contributed by atoms with Gasteiger partial charge in [0.25, 0.3) is 5.06 Å². The minimum Gasteiger partial charge on any atom is -0.440 e. The second-order valence-electron chi connectivity index (χ2n) is 5.05. The van der Waals surface area contributed by atoms with Crippen molar-refractivity contribution in [2.45, 2.75) is 32.8 Å². The van der Waals surface area contributed by atoms with E-state index in [1.807, 2.05) is 32.0 Å². The van der Waals surface area contributed by atoms with Crippen LogP contribution in [0.15, 0.2) is 30.3 Å². The van der Waals surface area contributed by atoms with E-state index in [9.17, 15) is 15.2 Å². The van der Waals surface area contributed by atoms with E-state index in [1.165, 1.54) is 6.07 Å². The zero-order chi connectivity index (χ0) is 15.6. The molecule has 0 unspecified atom stereocenters. The standard InChI is InChI=1S/C15H17NO4S/c1-9(2)11-6-4-5-7-13(11)20-15-12(16(18)19)8-14(21-15)10(3)17/h4-10,17H,1-3H3/t10-/m0/s1. The minimum absolute atomic E-state index is 0.116. The first-order chi connectivity index (χ1) is 9.90. The van der Waals surface area contributed by atoms with Crippen LogP contribution in [0.4, 0.5) is 5.69 Å². The van der Waals surface area contributed by atoms with E-state index in [4.69, 9.17) is 4.74 Å². The third kappa shape index (κ3) is 3.40. The van der Waals surface area contributed by atoms with Gasteiger partial charge in [0.1, 0.15) is 5.75 Å². The largest absolute Gasteiger partial charge is 0.440 e. The summed E-state index contributed by atoms with van der Waals surface area (Å²) < 4.78 is 5.76. The van der Waals surface area contributed by atoms with Crippen molar-refractivity contribution in [3.8, 4) is 10.8 Å². The molecule has 112 valence electrons. The van der Waals surface area contributed by atoms with Crippen LogP contribution in [0.2, 0.25) is 0 Å². The van der Waals surface area contributed by atoms with E-state index in [1.54, 1.807) is 13.0 Å². The monoisotopic (exact) mass is 307 g/mol. The molecular weight excluding hydrogens is 290 g/mol. The fourth-order valence-corrected chi connectivity index (χ4v) is 2.86. The van der Waals surface area contributed by atoms with Crippen molar-refractivity contribution >= 4 is 17.0 Å². The van der Waals surface area contributed by atoms with Crippen LogP contribution in [0.5, 0.6) is 10.8 Å². The van der Waals surface area contributed by atoms with Crippen molar-refractivity contribution < 1.29 is 14.8 Å². The van der Waals surface area contributed by atoms with Gasteiger partial charge in [-0.15, -0.1) is 0 Å². The van der Waals surface area contributed by atoms with Crippen LogP contribution < -0.4 is 4.74 Å². The lowest BCUT2D eigenvalue weighted by atomic mass is 10.0. The fourth-order valence-electron chi connectivity index (χ4n) is 1.94. The summed E-state index contributed by atoms with van der Waals surface area (Å²) in [4.78, 5) is 11.1. The van der Waals surface area contributed by atoms with Gasteiger partial charge in [0, 0.05) is 10.9 Å². The van der Waals surface area contributed by atoms with Gasteiger partial charge in [-0.2, -0.15) is 0 Å². The number of ether oxygens (including phenoxy) is 1. The molecule has 1 heterocycles. The Morgan fingerprint density at radius 3 is 2.52 bits per heavy atom. The summed E-state index contributed by atoms with van der Waals surface area (Å²) in [5, 5.41) is 20.9. The fraction of sp³-hybridized carbons (Fsp3) is 0.333. The third-order valence-corrected chi connectivity index (χ3v) is 4.22. The van der Waals surface area contributed by atoms with Crippen molar-refractivity contribution in [2.75, 3.05) is 0 Å². The molecule has 1 aromatic carbocycles. The van der Waals surface area contributed by atoms with E-state index in [0.717, 1.165) is 16.9 Å². The number of aliphatic hydroxyl groups excluding tert-OH is 1. The van der Waals surface area contributed by atoms with E-state index >= 15 is 0 Å². The Labute approximate surface area is 127 Å². The van der Waals surface area contributed by atoms with Crippen LogP contribution in [-0.4, -0.2) is 10.0 Å². The van der Waals surface area contributed by atoms with Gasteiger partial charge in [-0.25, -0.2) is 0 Å². The Morgan fingerprint density at radius 2 is 1.95 bits per heavy atom. The summed E-state index contributed by atoms with van der Waals surface area (Å²) in [5.74, 6) is 0.853. The molecule has 0 aliphatic heterocycles. The highest BCUT2D eigenvalue weighted by molar-refractivity contribution is 7.14. The summed E-state index contributed by atoms with van der Waals surface area (Å²) in [5.41, 5.74) is 0.869. The quantitative estimate of drug-likeness (QED) is 0.646. The van der Waals surface area contributed by atoms with Crippen LogP contribution in [0, 0.1) is 10.1 Å². The maximum atomic E-state index is 11.1. The molecule has 21 heavy (non-hydrogen) atoms. The molecule has 6 heteroatoms. The van der Waals surface area contributed by atoms with Gasteiger partial charge >= 0.3 is 5.69 Å². The van der Waals surface area contributed by atoms with Gasteiger partial charge in [-0.1, -0.05) is 43.4 Å². The zero-order valence-electron chi connectivity index (χ0n) is 12.1. The number of benzene rings is 1. The van der Waals surface area contributed by atoms with Crippen LogP contribution in [0.3, 0.4) is 0 Å². The van der Waals surface area contributed by atoms with Crippen molar-refractivity contribution in [1.82, 2.24) is 0 Å². The first-order valence-electron chi connectivity index (χ1n) is 6.63. The number of para-hydroxylation sites is 1. The van der Waals surface area contributed by atoms with Crippen LogP contribution in [-0.2, 0) is 0 Å². The predicted octanol–water partition coefficient (Wildman–Crippen LogP) is 4.63. The molecular formula is C15H17NO4S. The smallest absolute Gasteiger partial charge is 0.323 e. The molecule has 1 aromatic heterocycles. The number of nitro groups is 1. The molecule has 0 aliphatic carbocycles. The van der Waals surface area contributed by atoms with Crippen molar-refractivity contribution in [2.24, 2.45) is 0 Å². The second-order valence-corrected chi connectivity index (χ2v) is 6.10. The molecule has 2 rings (SSSR count). The molecule has 0 spiro atoms. The molecule has 5 nitrogen and oxygen atoms in total. The first kappa shape index (κ1) is 15.5. The van der Waals surface area contributed by atoms with Gasteiger partial charge in [-0.05, 0) is 24.5 Å². The van der Waals surface area contributed by atoms with Crippen LogP contribution in [0.1, 0.15) is 43.2 Å². The Kier molecular flexibility index (Phi) is 4.59. The highest BCUT2D eigenvalue weighted by Gasteiger charge is 2.23. The van der Waals surface area contributed by atoms with Crippen LogP contribution in [0.25, 0.3) is 0 Å². The summed E-state index contributed by atoms with van der Waals surface area (Å²) in [7, 11) is 0. The van der Waals surface area contributed by atoms with Crippen LogP contribution >= 0.6 is 11.3 Å². The number of hydrogen-bond acceptors (Lipinski definition) is 5. The topological polar surface area (TPSA) is 72.6 Å². The van der Waals surface area contributed by atoms with Crippen molar-refractivity contribution in [3.05, 3.63) is 50.9 Å². The zero-order valence-corrected chi connectivity index (χ0v) is 12.9. The lowest BCUT2D eigenvalue weighted by Gasteiger charge is -2.12. The molecule has 2 aromatic rings. The Balaban J connectivity index is 2.42. The summed E-state index contributed by atoms with van der Waals surface area (Å²) >= 11 is 1.10. The average molecular weight is 307 g/mol. The van der Waals surface area contributed by atoms with E-state index in [2.05, 4.69) is 0 Å². The number of thiophene rings is 1. The van der Waals surface area contributed by atoms with E-state index in [0.29, 0.717) is 10.6 Å². The number of aliphatic hydroxyl groups is 1. The number of rotatable bonds is 5. The third-order valence-electron chi connectivity index (χ3n) is 3.05. The van der Waals surface area contributed by atoms with Crippen molar-refractivity contribution in [3.63, 3.8) is 0 Å². The molecule has 0 saturated carbocycles. The molecule has 1 N–H and O–H groups in total. The van der Waals surface area contributed by atoms with Gasteiger partial charge in [0.2, 0.25) is 0 Å². The summed E-state index contributed by atoms with van der Waals surface area (Å²) in [6.07, 6.45) is -0.758. The predicted molar refractivity (Wildman–Crippen MR) is 82.2 cm³/mol. The van der Waals surface area contributed by atoms with Gasteiger partial charge in [0.05, 0.1) is 11.0 Å². The highest BCUT2D eigenvalue weighted by Crippen LogP contribution is 2.43. The SMILES string of the molecule is CC(C)c1ccccc1Oc1sc([C@H](C)O)cc1[N+](=O)[O-]. The lowest BCUT2D eigenvalue weighted by Crippen LogP contribution is -1.94. The Morgan fingerprint density at radius 1 is 1.29 bits per heavy atom. The highest BCUT2D eigenvalue weighted by atomic mass is 32.1. The minimum atomic E-state index is -0.758.